The van der Waals surface area contributed by atoms with E-state index in [-0.39, 0.29) is 5.57 Å². The molecule has 27 heavy (non-hydrogen) atoms. The van der Waals surface area contributed by atoms with Gasteiger partial charge >= 0.3 is 5.97 Å². The molecule has 0 saturated heterocycles. The van der Waals surface area contributed by atoms with Gasteiger partial charge in [-0.2, -0.15) is 5.10 Å². The van der Waals surface area contributed by atoms with Crippen LogP contribution in [0.3, 0.4) is 0 Å². The highest BCUT2D eigenvalue weighted by Crippen LogP contribution is 2.28. The van der Waals surface area contributed by atoms with Crippen LogP contribution < -0.4 is 0 Å². The van der Waals surface area contributed by atoms with Gasteiger partial charge in [-0.15, -0.1) is 0 Å². The molecule has 0 spiro atoms. The maximum Gasteiger partial charge on any atom is 0.338 e. The van der Waals surface area contributed by atoms with Crippen molar-refractivity contribution in [2.45, 2.75) is 13.8 Å². The van der Waals surface area contributed by atoms with Crippen LogP contribution in [0.15, 0.2) is 71.4 Å². The molecule has 1 N–H and O–H groups in total. The predicted octanol–water partition coefficient (Wildman–Crippen LogP) is 3.98. The first-order valence-corrected chi connectivity index (χ1v) is 8.66. The Balaban J connectivity index is 2.00. The van der Waals surface area contributed by atoms with Crippen molar-refractivity contribution in [2.75, 3.05) is 14.1 Å². The molecule has 1 aromatic heterocycles. The standard InChI is InChI=1S/C22H23N3O2/c1-14-12-18(13-20(22(26)27)21(14)23-24(4)5)17-8-10-19(11-9-17)25-15(2)6-7-16(25)3/h6-13H,1H2,2-5H3,(H,26,27)/b23-21+. The maximum atomic E-state index is 11.7. The summed E-state index contributed by atoms with van der Waals surface area (Å²) in [6.07, 6.45) is 3.52. The van der Waals surface area contributed by atoms with Crippen molar-refractivity contribution in [1.82, 2.24) is 9.58 Å². The van der Waals surface area contributed by atoms with Crippen LogP contribution in [0.4, 0.5) is 0 Å². The number of benzene rings is 1. The third-order valence-electron chi connectivity index (χ3n) is 4.45. The zero-order valence-electron chi connectivity index (χ0n) is 16.0. The minimum absolute atomic E-state index is 0.146. The molecule has 5 heteroatoms. The highest BCUT2D eigenvalue weighted by molar-refractivity contribution is 6.30. The number of hydrogen-bond acceptors (Lipinski definition) is 3. The van der Waals surface area contributed by atoms with Crippen LogP contribution in [0.25, 0.3) is 11.3 Å². The van der Waals surface area contributed by atoms with Gasteiger partial charge in [-0.25, -0.2) is 4.79 Å². The maximum absolute atomic E-state index is 11.7. The van der Waals surface area contributed by atoms with Gasteiger partial charge in [0.05, 0.1) is 5.57 Å². The number of hydrazone groups is 1. The fourth-order valence-corrected chi connectivity index (χ4v) is 3.22. The zero-order chi connectivity index (χ0) is 19.7. The van der Waals surface area contributed by atoms with Gasteiger partial charge in [0.25, 0.3) is 0 Å². The van der Waals surface area contributed by atoms with Crippen LogP contribution in [0.2, 0.25) is 0 Å². The molecule has 0 saturated carbocycles. The number of hydrogen-bond donors (Lipinski definition) is 1. The van der Waals surface area contributed by atoms with Gasteiger partial charge in [-0.05, 0) is 67.0 Å². The fourth-order valence-electron chi connectivity index (χ4n) is 3.22. The molecule has 0 fully saturated rings. The molecule has 0 aliphatic heterocycles. The SMILES string of the molecule is C=C1C=C(c2ccc(-n3c(C)ccc3C)cc2)C=C(C(=O)O)/C1=N/N(C)C. The Bertz CT molecular complexity index is 983. The van der Waals surface area contributed by atoms with Gasteiger partial charge in [0, 0.05) is 31.2 Å². The molecular weight excluding hydrogens is 338 g/mol. The average Bonchev–Trinajstić information content (AvgIpc) is 2.94. The molecule has 5 nitrogen and oxygen atoms in total. The second-order valence-electron chi connectivity index (χ2n) is 6.78. The van der Waals surface area contributed by atoms with E-state index in [0.29, 0.717) is 11.3 Å². The Morgan fingerprint density at radius 2 is 1.63 bits per heavy atom. The van der Waals surface area contributed by atoms with E-state index in [2.05, 4.69) is 42.2 Å². The Morgan fingerprint density at radius 1 is 1.04 bits per heavy atom. The van der Waals surface area contributed by atoms with E-state index in [1.54, 1.807) is 25.2 Å². The van der Waals surface area contributed by atoms with Gasteiger partial charge in [0.1, 0.15) is 5.71 Å². The van der Waals surface area contributed by atoms with Crippen molar-refractivity contribution in [3.63, 3.8) is 0 Å². The lowest BCUT2D eigenvalue weighted by Crippen LogP contribution is -2.20. The number of rotatable bonds is 4. The van der Waals surface area contributed by atoms with Gasteiger partial charge in [0.2, 0.25) is 0 Å². The molecule has 138 valence electrons. The third kappa shape index (κ3) is 3.62. The van der Waals surface area contributed by atoms with Crippen LogP contribution in [0.5, 0.6) is 0 Å². The largest absolute Gasteiger partial charge is 0.478 e. The molecule has 1 aliphatic rings. The van der Waals surface area contributed by atoms with Crippen molar-refractivity contribution < 1.29 is 9.90 Å². The summed E-state index contributed by atoms with van der Waals surface area (Å²) >= 11 is 0. The lowest BCUT2D eigenvalue weighted by Gasteiger charge is -2.18. The number of aryl methyl sites for hydroxylation is 2. The summed E-state index contributed by atoms with van der Waals surface area (Å²) < 4.78 is 2.18. The molecule has 0 atom stereocenters. The lowest BCUT2D eigenvalue weighted by molar-refractivity contribution is -0.132. The number of aliphatic carboxylic acids is 1. The van der Waals surface area contributed by atoms with Crippen molar-refractivity contribution in [1.29, 1.82) is 0 Å². The molecule has 1 heterocycles. The van der Waals surface area contributed by atoms with Gasteiger partial charge in [0.15, 0.2) is 0 Å². The molecule has 0 radical (unpaired) electrons. The topological polar surface area (TPSA) is 57.8 Å². The summed E-state index contributed by atoms with van der Waals surface area (Å²) in [6.45, 7) is 8.14. The summed E-state index contributed by atoms with van der Waals surface area (Å²) in [5, 5.41) is 15.4. The van der Waals surface area contributed by atoms with Crippen molar-refractivity contribution in [3.8, 4) is 5.69 Å². The quantitative estimate of drug-likeness (QED) is 0.838. The molecule has 3 rings (SSSR count). The molecule has 1 aromatic carbocycles. The van der Waals surface area contributed by atoms with Crippen molar-refractivity contribution >= 4 is 17.3 Å². The number of carboxylic acids is 1. The Kier molecular flexibility index (Phi) is 4.86. The number of nitrogens with zero attached hydrogens (tertiary/aromatic N) is 3. The first kappa shape index (κ1) is 18.5. The first-order valence-electron chi connectivity index (χ1n) is 8.66. The highest BCUT2D eigenvalue weighted by Gasteiger charge is 2.23. The summed E-state index contributed by atoms with van der Waals surface area (Å²) in [6, 6.07) is 12.2. The van der Waals surface area contributed by atoms with Crippen LogP contribution >= 0.6 is 0 Å². The van der Waals surface area contributed by atoms with Gasteiger partial charge < -0.3 is 14.7 Å². The van der Waals surface area contributed by atoms with Crippen molar-refractivity contribution in [3.05, 3.63) is 83.2 Å². The highest BCUT2D eigenvalue weighted by atomic mass is 16.4. The van der Waals surface area contributed by atoms with E-state index >= 15 is 0 Å². The molecule has 0 bridgehead atoms. The van der Waals surface area contributed by atoms with E-state index in [1.165, 1.54) is 11.4 Å². The third-order valence-corrected chi connectivity index (χ3v) is 4.45. The fraction of sp³-hybridized carbons (Fsp3) is 0.182. The van der Waals surface area contributed by atoms with Gasteiger partial charge in [-0.3, -0.25) is 0 Å². The Hall–Kier alpha value is -3.34. The van der Waals surface area contributed by atoms with Crippen LogP contribution in [0.1, 0.15) is 17.0 Å². The van der Waals surface area contributed by atoms with E-state index in [4.69, 9.17) is 0 Å². The van der Waals surface area contributed by atoms with Crippen molar-refractivity contribution in [2.24, 2.45) is 5.10 Å². The molecule has 0 amide bonds. The second-order valence-corrected chi connectivity index (χ2v) is 6.78. The van der Waals surface area contributed by atoms with E-state index < -0.39 is 5.97 Å². The van der Waals surface area contributed by atoms with E-state index in [1.807, 2.05) is 30.3 Å². The number of aromatic nitrogens is 1. The lowest BCUT2D eigenvalue weighted by atomic mass is 9.90. The summed E-state index contributed by atoms with van der Waals surface area (Å²) in [4.78, 5) is 11.7. The number of allylic oxidation sites excluding steroid dienone is 4. The molecular formula is C22H23N3O2. The zero-order valence-corrected chi connectivity index (χ0v) is 16.0. The number of carbonyl (C=O) groups is 1. The summed E-state index contributed by atoms with van der Waals surface area (Å²) in [7, 11) is 3.51. The molecule has 2 aromatic rings. The molecule has 1 aliphatic carbocycles. The first-order chi connectivity index (χ1) is 12.8. The van der Waals surface area contributed by atoms with Crippen LogP contribution in [-0.4, -0.2) is 40.5 Å². The van der Waals surface area contributed by atoms with Crippen LogP contribution in [0, 0.1) is 13.8 Å². The van der Waals surface area contributed by atoms with E-state index in [0.717, 1.165) is 16.8 Å². The minimum atomic E-state index is -1.02. The summed E-state index contributed by atoms with van der Waals surface area (Å²) in [5.41, 5.74) is 6.27. The summed E-state index contributed by atoms with van der Waals surface area (Å²) in [5.74, 6) is -1.02. The Morgan fingerprint density at radius 3 is 2.15 bits per heavy atom. The second kappa shape index (κ2) is 7.11. The molecule has 0 unspecified atom stereocenters. The normalized spacial score (nSPS) is 15.6. The van der Waals surface area contributed by atoms with Gasteiger partial charge in [-0.1, -0.05) is 18.7 Å². The smallest absolute Gasteiger partial charge is 0.338 e. The van der Waals surface area contributed by atoms with E-state index in [9.17, 15) is 9.90 Å². The predicted molar refractivity (Wildman–Crippen MR) is 109 cm³/mol. The van der Waals surface area contributed by atoms with Crippen LogP contribution in [-0.2, 0) is 4.79 Å². The minimum Gasteiger partial charge on any atom is -0.478 e. The number of carboxylic acid groups (broad SMARTS) is 1. The monoisotopic (exact) mass is 361 g/mol. The average molecular weight is 361 g/mol. The Labute approximate surface area is 159 Å².